The molecule has 0 spiro atoms. The van der Waals surface area contributed by atoms with Crippen LogP contribution in [0.2, 0.25) is 0 Å². The standard InChI is InChI=1S/C19H26N4O2S3/c24-18(6-2-1-4-15-7-13-27-28-15)23-10-8-22(9-11-23)14-17-20-19(21-25-17)16-5-3-12-26-16/h3,5,12,15H,1-2,4,6-11,13-14H2. The summed E-state index contributed by atoms with van der Waals surface area (Å²) >= 11 is 1.61. The maximum atomic E-state index is 12.5. The predicted octanol–water partition coefficient (Wildman–Crippen LogP) is 4.16. The molecule has 2 aliphatic rings. The number of amides is 1. The van der Waals surface area contributed by atoms with Crippen molar-refractivity contribution in [3.05, 3.63) is 23.4 Å². The van der Waals surface area contributed by atoms with Gasteiger partial charge in [0, 0.05) is 43.6 Å². The zero-order valence-electron chi connectivity index (χ0n) is 15.9. The van der Waals surface area contributed by atoms with Gasteiger partial charge < -0.3 is 9.42 Å². The third-order valence-corrected chi connectivity index (χ3v) is 9.06. The minimum atomic E-state index is 0.311. The first-order valence-electron chi connectivity index (χ1n) is 9.93. The minimum absolute atomic E-state index is 0.311. The SMILES string of the molecule is O=C(CCCCC1CCSS1)N1CCN(Cc2nc(-c3cccs3)no2)CC1. The maximum Gasteiger partial charge on any atom is 0.241 e. The van der Waals surface area contributed by atoms with E-state index in [1.54, 1.807) is 11.3 Å². The molecule has 1 amide bonds. The molecule has 4 heterocycles. The molecular formula is C19H26N4O2S3. The molecule has 9 heteroatoms. The molecule has 1 atom stereocenters. The van der Waals surface area contributed by atoms with Gasteiger partial charge in [0.05, 0.1) is 11.4 Å². The van der Waals surface area contributed by atoms with E-state index in [4.69, 9.17) is 4.52 Å². The van der Waals surface area contributed by atoms with Crippen molar-refractivity contribution in [3.63, 3.8) is 0 Å². The molecule has 0 aromatic carbocycles. The topological polar surface area (TPSA) is 62.5 Å². The summed E-state index contributed by atoms with van der Waals surface area (Å²) in [5.41, 5.74) is 0. The van der Waals surface area contributed by atoms with Crippen molar-refractivity contribution in [1.29, 1.82) is 0 Å². The Morgan fingerprint density at radius 2 is 2.14 bits per heavy atom. The van der Waals surface area contributed by atoms with E-state index < -0.39 is 0 Å². The summed E-state index contributed by atoms with van der Waals surface area (Å²) in [5.74, 6) is 2.91. The lowest BCUT2D eigenvalue weighted by Gasteiger charge is -2.34. The summed E-state index contributed by atoms with van der Waals surface area (Å²) in [7, 11) is 4.02. The van der Waals surface area contributed by atoms with Crippen LogP contribution in [0.15, 0.2) is 22.0 Å². The Morgan fingerprint density at radius 1 is 1.25 bits per heavy atom. The molecule has 0 radical (unpaired) electrons. The number of carbonyl (C=O) groups excluding carboxylic acids is 1. The summed E-state index contributed by atoms with van der Waals surface area (Å²) in [5, 5.41) is 6.89. The summed E-state index contributed by atoms with van der Waals surface area (Å²) in [6.45, 7) is 3.95. The van der Waals surface area contributed by atoms with E-state index in [-0.39, 0.29) is 0 Å². The van der Waals surface area contributed by atoms with Gasteiger partial charge in [-0.15, -0.1) is 11.3 Å². The van der Waals surface area contributed by atoms with E-state index in [9.17, 15) is 4.79 Å². The normalized spacial score (nSPS) is 20.7. The molecule has 28 heavy (non-hydrogen) atoms. The molecule has 2 aliphatic heterocycles. The number of rotatable bonds is 8. The van der Waals surface area contributed by atoms with Crippen molar-refractivity contribution < 1.29 is 9.32 Å². The average Bonchev–Trinajstić information content (AvgIpc) is 3.48. The molecule has 2 aromatic rings. The van der Waals surface area contributed by atoms with E-state index >= 15 is 0 Å². The Kier molecular flexibility index (Phi) is 7.33. The second kappa shape index (κ2) is 10.1. The number of thiophene rings is 1. The van der Waals surface area contributed by atoms with Gasteiger partial charge in [0.25, 0.3) is 0 Å². The number of nitrogens with zero attached hydrogens (tertiary/aromatic N) is 4. The van der Waals surface area contributed by atoms with Crippen molar-refractivity contribution in [3.8, 4) is 10.7 Å². The van der Waals surface area contributed by atoms with Gasteiger partial charge in [0.1, 0.15) is 0 Å². The highest BCUT2D eigenvalue weighted by Gasteiger charge is 2.23. The Balaban J connectivity index is 1.14. The first-order valence-corrected chi connectivity index (χ1v) is 13.2. The molecule has 2 saturated heterocycles. The van der Waals surface area contributed by atoms with Crippen molar-refractivity contribution >= 4 is 38.8 Å². The molecule has 0 N–H and O–H groups in total. The fraction of sp³-hybridized carbons (Fsp3) is 0.632. The van der Waals surface area contributed by atoms with Crippen LogP contribution in [0.3, 0.4) is 0 Å². The first-order chi connectivity index (χ1) is 13.8. The maximum absolute atomic E-state index is 12.5. The van der Waals surface area contributed by atoms with Crippen molar-refractivity contribution in [1.82, 2.24) is 19.9 Å². The summed E-state index contributed by atoms with van der Waals surface area (Å²) in [4.78, 5) is 22.3. The lowest BCUT2D eigenvalue weighted by molar-refractivity contribution is -0.133. The number of aromatic nitrogens is 2. The second-order valence-corrected chi connectivity index (χ2v) is 11.0. The molecule has 4 rings (SSSR count). The number of hydrogen-bond acceptors (Lipinski definition) is 8. The summed E-state index contributed by atoms with van der Waals surface area (Å²) in [6.07, 6.45) is 5.48. The van der Waals surface area contributed by atoms with Gasteiger partial charge in [-0.2, -0.15) is 4.98 Å². The van der Waals surface area contributed by atoms with Crippen LogP contribution in [0, 0.1) is 0 Å². The molecule has 0 bridgehead atoms. The van der Waals surface area contributed by atoms with Gasteiger partial charge in [0.15, 0.2) is 0 Å². The number of carbonyl (C=O) groups is 1. The van der Waals surface area contributed by atoms with Gasteiger partial charge in [-0.3, -0.25) is 9.69 Å². The molecule has 1 unspecified atom stereocenters. The zero-order chi connectivity index (χ0) is 19.2. The Labute approximate surface area is 177 Å². The third-order valence-electron chi connectivity index (χ3n) is 5.19. The zero-order valence-corrected chi connectivity index (χ0v) is 18.4. The van der Waals surface area contributed by atoms with Crippen molar-refractivity contribution in [2.24, 2.45) is 0 Å². The van der Waals surface area contributed by atoms with Crippen LogP contribution in [0.1, 0.15) is 38.0 Å². The Hall–Kier alpha value is -1.03. The molecule has 0 saturated carbocycles. The average molecular weight is 439 g/mol. The fourth-order valence-corrected chi connectivity index (χ4v) is 7.22. The van der Waals surface area contributed by atoms with Crippen LogP contribution in [0.5, 0.6) is 0 Å². The van der Waals surface area contributed by atoms with E-state index in [1.807, 2.05) is 44.0 Å². The van der Waals surface area contributed by atoms with Crippen LogP contribution < -0.4 is 0 Å². The van der Waals surface area contributed by atoms with E-state index in [1.165, 1.54) is 25.0 Å². The Bertz CT molecular complexity index is 738. The fourth-order valence-electron chi connectivity index (χ4n) is 3.54. The van der Waals surface area contributed by atoms with Gasteiger partial charge in [-0.1, -0.05) is 39.2 Å². The highest BCUT2D eigenvalue weighted by molar-refractivity contribution is 8.77. The van der Waals surface area contributed by atoms with Crippen molar-refractivity contribution in [2.45, 2.75) is 43.9 Å². The molecule has 6 nitrogen and oxygen atoms in total. The van der Waals surface area contributed by atoms with Crippen LogP contribution in [0.25, 0.3) is 10.7 Å². The van der Waals surface area contributed by atoms with Crippen LogP contribution >= 0.6 is 32.9 Å². The summed E-state index contributed by atoms with van der Waals surface area (Å²) in [6, 6.07) is 3.98. The molecule has 152 valence electrons. The van der Waals surface area contributed by atoms with Gasteiger partial charge in [0.2, 0.25) is 17.6 Å². The quantitative estimate of drug-likeness (QED) is 0.453. The van der Waals surface area contributed by atoms with Crippen LogP contribution in [-0.4, -0.2) is 63.0 Å². The van der Waals surface area contributed by atoms with Crippen molar-refractivity contribution in [2.75, 3.05) is 31.9 Å². The van der Waals surface area contributed by atoms with E-state index in [0.29, 0.717) is 30.6 Å². The monoisotopic (exact) mass is 438 g/mol. The predicted molar refractivity (Wildman–Crippen MR) is 116 cm³/mol. The Morgan fingerprint density at radius 3 is 2.89 bits per heavy atom. The highest BCUT2D eigenvalue weighted by atomic mass is 33.1. The van der Waals surface area contributed by atoms with E-state index in [0.717, 1.165) is 42.7 Å². The van der Waals surface area contributed by atoms with Gasteiger partial charge in [-0.05, 0) is 30.7 Å². The van der Waals surface area contributed by atoms with Crippen LogP contribution in [-0.2, 0) is 11.3 Å². The smallest absolute Gasteiger partial charge is 0.241 e. The second-order valence-electron chi connectivity index (χ2n) is 7.22. The number of hydrogen-bond donors (Lipinski definition) is 0. The lowest BCUT2D eigenvalue weighted by atomic mass is 10.1. The molecular weight excluding hydrogens is 412 g/mol. The lowest BCUT2D eigenvalue weighted by Crippen LogP contribution is -2.48. The third kappa shape index (κ3) is 5.52. The minimum Gasteiger partial charge on any atom is -0.340 e. The number of piperazine rings is 1. The molecule has 2 fully saturated rings. The molecule has 0 aliphatic carbocycles. The van der Waals surface area contributed by atoms with Gasteiger partial charge in [-0.25, -0.2) is 0 Å². The highest BCUT2D eigenvalue weighted by Crippen LogP contribution is 2.39. The van der Waals surface area contributed by atoms with Gasteiger partial charge >= 0.3 is 0 Å². The number of unbranched alkanes of at least 4 members (excludes halogenated alkanes) is 1. The first kappa shape index (κ1) is 20.3. The largest absolute Gasteiger partial charge is 0.340 e. The van der Waals surface area contributed by atoms with Crippen LogP contribution in [0.4, 0.5) is 0 Å². The summed E-state index contributed by atoms with van der Waals surface area (Å²) < 4.78 is 5.39. The molecule has 2 aromatic heterocycles. The van der Waals surface area contributed by atoms with E-state index in [2.05, 4.69) is 15.0 Å².